The molecule has 0 N–H and O–H groups in total. The van der Waals surface area contributed by atoms with E-state index in [9.17, 15) is 19.7 Å². The number of hydrogen-bond donors (Lipinski definition) is 0. The number of ether oxygens (including phenoxy) is 1. The molecule has 1 amide bonds. The monoisotopic (exact) mass is 573 g/mol. The highest BCUT2D eigenvalue weighted by Crippen LogP contribution is 2.47. The maximum Gasteiger partial charge on any atom is 0.340 e. The number of nitro groups is 1. The van der Waals surface area contributed by atoms with Gasteiger partial charge in [-0.15, -0.1) is 11.8 Å². The zero-order valence-electron chi connectivity index (χ0n) is 20.9. The number of carbonyl (C=O) groups excluding carboxylic acids is 2. The summed E-state index contributed by atoms with van der Waals surface area (Å²) in [7, 11) is 3.81. The molecule has 1 heterocycles. The van der Waals surface area contributed by atoms with Crippen molar-refractivity contribution in [2.24, 2.45) is 0 Å². The molecule has 4 rings (SSSR count). The number of rotatable bonds is 7. The highest BCUT2D eigenvalue weighted by molar-refractivity contribution is 7.99. The van der Waals surface area contributed by atoms with Gasteiger partial charge in [-0.3, -0.25) is 14.9 Å². The summed E-state index contributed by atoms with van der Waals surface area (Å²) in [5, 5.41) is 10.9. The molecule has 8 nitrogen and oxygen atoms in total. The van der Waals surface area contributed by atoms with Gasteiger partial charge in [0.2, 0.25) is 0 Å². The quantitative estimate of drug-likeness (QED) is 0.189. The molecule has 38 heavy (non-hydrogen) atoms. The van der Waals surface area contributed by atoms with E-state index in [1.165, 1.54) is 23.9 Å². The van der Waals surface area contributed by atoms with Gasteiger partial charge < -0.3 is 14.5 Å². The second kappa shape index (κ2) is 11.7. The second-order valence-electron chi connectivity index (χ2n) is 9.10. The SMILES string of the molecule is Cc1ccc([C@@H]2Sc3cc(Cl)ccc3N(CCN(C)C)C(=O)C2OC(=O)c2ccc([N+](=O)[O-])cc2Cl)cc1. The number of aryl methyl sites for hydroxylation is 1. The summed E-state index contributed by atoms with van der Waals surface area (Å²) in [6.45, 7) is 2.89. The molecule has 0 aliphatic carbocycles. The number of nitro benzene ring substituents is 1. The molecule has 3 aromatic carbocycles. The third-order valence-electron chi connectivity index (χ3n) is 6.05. The number of hydrogen-bond acceptors (Lipinski definition) is 7. The second-order valence-corrected chi connectivity index (χ2v) is 11.1. The molecule has 3 aromatic rings. The van der Waals surface area contributed by atoms with Crippen molar-refractivity contribution in [3.05, 3.63) is 97.5 Å². The van der Waals surface area contributed by atoms with Gasteiger partial charge in [0, 0.05) is 35.1 Å². The van der Waals surface area contributed by atoms with Crippen LogP contribution in [0.1, 0.15) is 26.7 Å². The van der Waals surface area contributed by atoms with Crippen molar-refractivity contribution in [1.82, 2.24) is 4.90 Å². The van der Waals surface area contributed by atoms with Crippen molar-refractivity contribution in [1.29, 1.82) is 0 Å². The smallest absolute Gasteiger partial charge is 0.340 e. The standard InChI is InChI=1S/C27H25Cl2N3O5S/c1-16-4-6-17(7-5-16)25-24(37-27(34)20-10-9-19(32(35)36)15-21(20)29)26(33)31(13-12-30(2)3)22-11-8-18(28)14-23(22)38-25/h4-11,14-15,24-25H,12-13H2,1-3H3/t24?,25-/m0/s1. The van der Waals surface area contributed by atoms with Crippen molar-refractivity contribution in [3.8, 4) is 0 Å². The largest absolute Gasteiger partial charge is 0.447 e. The Labute approximate surface area is 234 Å². The van der Waals surface area contributed by atoms with Crippen LogP contribution in [0.15, 0.2) is 65.6 Å². The third-order valence-corrected chi connectivity index (χ3v) is 7.95. The molecular formula is C27H25Cl2N3O5S. The minimum Gasteiger partial charge on any atom is -0.447 e. The van der Waals surface area contributed by atoms with E-state index in [0.717, 1.165) is 22.1 Å². The van der Waals surface area contributed by atoms with Crippen LogP contribution in [-0.4, -0.2) is 55.0 Å². The van der Waals surface area contributed by atoms with Gasteiger partial charge in [0.05, 0.1) is 26.4 Å². The minimum absolute atomic E-state index is 0.0673. The fraction of sp³-hybridized carbons (Fsp3) is 0.259. The van der Waals surface area contributed by atoms with Crippen molar-refractivity contribution in [3.63, 3.8) is 0 Å². The van der Waals surface area contributed by atoms with Crippen LogP contribution in [0.3, 0.4) is 0 Å². The lowest BCUT2D eigenvalue weighted by Gasteiger charge is -2.28. The Bertz CT molecular complexity index is 1380. The van der Waals surface area contributed by atoms with Crippen LogP contribution in [0.5, 0.6) is 0 Å². The summed E-state index contributed by atoms with van der Waals surface area (Å²) in [5.41, 5.74) is 2.19. The Balaban J connectivity index is 1.79. The molecule has 0 saturated carbocycles. The van der Waals surface area contributed by atoms with Crippen LogP contribution in [0.25, 0.3) is 0 Å². The van der Waals surface area contributed by atoms with Gasteiger partial charge in [0.25, 0.3) is 11.6 Å². The van der Waals surface area contributed by atoms with Gasteiger partial charge in [-0.05, 0) is 50.8 Å². The number of halogens is 2. The first-order chi connectivity index (χ1) is 18.0. The Hall–Kier alpha value is -3.11. The lowest BCUT2D eigenvalue weighted by atomic mass is 10.0. The number of amides is 1. The lowest BCUT2D eigenvalue weighted by Crippen LogP contribution is -2.45. The van der Waals surface area contributed by atoms with E-state index < -0.39 is 28.2 Å². The predicted octanol–water partition coefficient (Wildman–Crippen LogP) is 6.18. The van der Waals surface area contributed by atoms with Crippen LogP contribution >= 0.6 is 35.0 Å². The fourth-order valence-corrected chi connectivity index (χ4v) is 5.85. The summed E-state index contributed by atoms with van der Waals surface area (Å²) in [4.78, 5) is 42.3. The van der Waals surface area contributed by atoms with Gasteiger partial charge in [-0.25, -0.2) is 4.79 Å². The number of anilines is 1. The van der Waals surface area contributed by atoms with E-state index in [1.54, 1.807) is 23.1 Å². The van der Waals surface area contributed by atoms with Crippen LogP contribution in [0.2, 0.25) is 10.0 Å². The molecular weight excluding hydrogens is 549 g/mol. The highest BCUT2D eigenvalue weighted by atomic mass is 35.5. The maximum atomic E-state index is 14.1. The number of benzene rings is 3. The van der Waals surface area contributed by atoms with Crippen LogP contribution in [0, 0.1) is 17.0 Å². The molecule has 0 aromatic heterocycles. The van der Waals surface area contributed by atoms with E-state index in [0.29, 0.717) is 23.8 Å². The van der Waals surface area contributed by atoms with E-state index in [-0.39, 0.29) is 16.3 Å². The fourth-order valence-electron chi connectivity index (χ4n) is 4.01. The van der Waals surface area contributed by atoms with Gasteiger partial charge in [-0.2, -0.15) is 0 Å². The Morgan fingerprint density at radius 1 is 1.11 bits per heavy atom. The van der Waals surface area contributed by atoms with Crippen molar-refractivity contribution in [2.45, 2.75) is 23.2 Å². The molecule has 1 aliphatic rings. The molecule has 0 fully saturated rings. The minimum atomic E-state index is -1.21. The van der Waals surface area contributed by atoms with E-state index in [2.05, 4.69) is 0 Å². The topological polar surface area (TPSA) is 93.0 Å². The molecule has 0 bridgehead atoms. The summed E-state index contributed by atoms with van der Waals surface area (Å²) >= 11 is 13.9. The molecule has 0 radical (unpaired) electrons. The number of nitrogens with zero attached hydrogens (tertiary/aromatic N) is 3. The van der Waals surface area contributed by atoms with Crippen molar-refractivity contribution in [2.75, 3.05) is 32.1 Å². The maximum absolute atomic E-state index is 14.1. The Morgan fingerprint density at radius 3 is 2.45 bits per heavy atom. The average molecular weight is 574 g/mol. The van der Waals surface area contributed by atoms with E-state index in [1.807, 2.05) is 50.2 Å². The Morgan fingerprint density at radius 2 is 1.82 bits per heavy atom. The van der Waals surface area contributed by atoms with E-state index in [4.69, 9.17) is 27.9 Å². The first-order valence-corrected chi connectivity index (χ1v) is 13.3. The summed E-state index contributed by atoms with van der Waals surface area (Å²) in [6.07, 6.45) is -1.21. The molecule has 198 valence electrons. The average Bonchev–Trinajstić information content (AvgIpc) is 2.97. The molecule has 2 atom stereocenters. The zero-order valence-corrected chi connectivity index (χ0v) is 23.2. The third kappa shape index (κ3) is 6.13. The van der Waals surface area contributed by atoms with Crippen LogP contribution < -0.4 is 4.90 Å². The number of fused-ring (bicyclic) bond motifs is 1. The highest BCUT2D eigenvalue weighted by Gasteiger charge is 2.41. The lowest BCUT2D eigenvalue weighted by molar-refractivity contribution is -0.384. The first-order valence-electron chi connectivity index (χ1n) is 11.7. The van der Waals surface area contributed by atoms with Gasteiger partial charge in [0.1, 0.15) is 0 Å². The van der Waals surface area contributed by atoms with Crippen molar-refractivity contribution >= 4 is 58.2 Å². The molecule has 0 saturated heterocycles. The van der Waals surface area contributed by atoms with Crippen molar-refractivity contribution < 1.29 is 19.2 Å². The van der Waals surface area contributed by atoms with Gasteiger partial charge in [-0.1, -0.05) is 53.0 Å². The number of thioether (sulfide) groups is 1. The predicted molar refractivity (Wildman–Crippen MR) is 149 cm³/mol. The molecule has 1 unspecified atom stereocenters. The number of esters is 1. The number of non-ortho nitro benzene ring substituents is 1. The zero-order chi connectivity index (χ0) is 27.6. The van der Waals surface area contributed by atoms with Crippen LogP contribution in [-0.2, 0) is 9.53 Å². The number of likely N-dealkylation sites (N-methyl/N-ethyl adjacent to an activating group) is 1. The first kappa shape index (κ1) is 27.9. The molecule has 1 aliphatic heterocycles. The molecule has 0 spiro atoms. The summed E-state index contributed by atoms with van der Waals surface area (Å²) < 4.78 is 5.89. The summed E-state index contributed by atoms with van der Waals surface area (Å²) in [5.74, 6) is -1.24. The normalized spacial score (nSPS) is 17.2. The van der Waals surface area contributed by atoms with Gasteiger partial charge >= 0.3 is 5.97 Å². The van der Waals surface area contributed by atoms with E-state index >= 15 is 0 Å². The van der Waals surface area contributed by atoms with Crippen LogP contribution in [0.4, 0.5) is 11.4 Å². The number of carbonyl (C=O) groups is 2. The van der Waals surface area contributed by atoms with Gasteiger partial charge in [0.15, 0.2) is 6.10 Å². The molecule has 11 heteroatoms. The Kier molecular flexibility index (Phi) is 8.62. The summed E-state index contributed by atoms with van der Waals surface area (Å²) in [6, 6.07) is 16.5.